The third kappa shape index (κ3) is 7.71. The first kappa shape index (κ1) is 29.0. The lowest BCUT2D eigenvalue weighted by atomic mass is 10.1. The molecule has 204 valence electrons. The summed E-state index contributed by atoms with van der Waals surface area (Å²) in [5.41, 5.74) is 2.53. The van der Waals surface area contributed by atoms with Crippen molar-refractivity contribution in [3.8, 4) is 0 Å². The van der Waals surface area contributed by atoms with Gasteiger partial charge < -0.3 is 25.2 Å². The van der Waals surface area contributed by atoms with Gasteiger partial charge in [-0.05, 0) is 63.9 Å². The van der Waals surface area contributed by atoms with Gasteiger partial charge >= 0.3 is 6.09 Å². The van der Waals surface area contributed by atoms with E-state index >= 15 is 0 Å². The predicted molar refractivity (Wildman–Crippen MR) is 150 cm³/mol. The second kappa shape index (κ2) is 12.3. The summed E-state index contributed by atoms with van der Waals surface area (Å²) >= 11 is 6.21. The standard InChI is InChI=1S/C28H36ClN5O4/c1-18-8-10-19(11-9-18)25(35)34(15-7-14-30-27(37)38-28(2,3)4)23(26(36)33(5)6)24-31-17-20-12-13-21(29)16-22(20)32-24/h8-13,16,23H,7,14-15,17H2,1-6H3,(H,30,37)(H,31,32). The highest BCUT2D eigenvalue weighted by Crippen LogP contribution is 2.26. The molecule has 9 nitrogen and oxygen atoms in total. The molecule has 1 unspecified atom stereocenters. The number of likely N-dealkylation sites (N-methyl/N-ethyl adjacent to an activating group) is 1. The van der Waals surface area contributed by atoms with Crippen molar-refractivity contribution in [3.05, 3.63) is 64.2 Å². The fraction of sp³-hybridized carbons (Fsp3) is 0.429. The number of carbonyl (C=O) groups excluding carboxylic acids is 3. The molecule has 38 heavy (non-hydrogen) atoms. The number of hydrogen-bond donors (Lipinski definition) is 2. The fourth-order valence-corrected chi connectivity index (χ4v) is 4.08. The highest BCUT2D eigenvalue weighted by Gasteiger charge is 2.37. The quantitative estimate of drug-likeness (QED) is 0.479. The third-order valence-electron chi connectivity index (χ3n) is 5.80. The molecule has 0 aromatic heterocycles. The van der Waals surface area contributed by atoms with Crippen molar-refractivity contribution in [3.63, 3.8) is 0 Å². The lowest BCUT2D eigenvalue weighted by molar-refractivity contribution is -0.131. The largest absolute Gasteiger partial charge is 0.444 e. The molecule has 10 heteroatoms. The molecule has 2 aromatic rings. The fourth-order valence-electron chi connectivity index (χ4n) is 3.91. The number of aryl methyl sites for hydroxylation is 1. The monoisotopic (exact) mass is 541 g/mol. The second-order valence-electron chi connectivity index (χ2n) is 10.4. The van der Waals surface area contributed by atoms with E-state index in [0.717, 1.165) is 16.8 Å². The summed E-state index contributed by atoms with van der Waals surface area (Å²) in [5, 5.41) is 6.50. The minimum Gasteiger partial charge on any atom is -0.444 e. The molecule has 1 aliphatic rings. The van der Waals surface area contributed by atoms with Crippen LogP contribution in [0.1, 0.15) is 48.7 Å². The summed E-state index contributed by atoms with van der Waals surface area (Å²) in [6.07, 6.45) is -0.148. The minimum atomic E-state index is -1.01. The average molecular weight is 542 g/mol. The number of aliphatic imine (C=N–C) groups is 1. The van der Waals surface area contributed by atoms with Crippen molar-refractivity contribution in [2.45, 2.75) is 52.3 Å². The third-order valence-corrected chi connectivity index (χ3v) is 6.04. The maximum Gasteiger partial charge on any atom is 0.407 e. The first-order valence-electron chi connectivity index (χ1n) is 12.5. The minimum absolute atomic E-state index is 0.190. The van der Waals surface area contributed by atoms with Crippen LogP contribution in [0.4, 0.5) is 10.5 Å². The van der Waals surface area contributed by atoms with Crippen LogP contribution in [0, 0.1) is 6.92 Å². The number of amides is 3. The molecule has 3 rings (SSSR count). The Kier molecular flexibility index (Phi) is 9.38. The molecule has 0 bridgehead atoms. The van der Waals surface area contributed by atoms with Crippen LogP contribution in [-0.2, 0) is 16.1 Å². The molecule has 1 atom stereocenters. The van der Waals surface area contributed by atoms with Gasteiger partial charge in [-0.2, -0.15) is 0 Å². The Morgan fingerprint density at radius 3 is 2.45 bits per heavy atom. The first-order chi connectivity index (χ1) is 17.9. The van der Waals surface area contributed by atoms with Gasteiger partial charge in [0.1, 0.15) is 11.4 Å². The van der Waals surface area contributed by atoms with Gasteiger partial charge in [0, 0.05) is 43.5 Å². The van der Waals surface area contributed by atoms with E-state index in [1.54, 1.807) is 59.1 Å². The lowest BCUT2D eigenvalue weighted by Gasteiger charge is -2.35. The van der Waals surface area contributed by atoms with E-state index in [0.29, 0.717) is 29.4 Å². The zero-order valence-corrected chi connectivity index (χ0v) is 23.6. The Bertz CT molecular complexity index is 1200. The number of halogens is 1. The highest BCUT2D eigenvalue weighted by atomic mass is 35.5. The summed E-state index contributed by atoms with van der Waals surface area (Å²) in [7, 11) is 3.28. The number of anilines is 1. The number of alkyl carbamates (subject to hydrolysis) is 1. The number of benzene rings is 2. The molecule has 1 heterocycles. The van der Waals surface area contributed by atoms with Crippen LogP contribution in [0.2, 0.25) is 5.02 Å². The van der Waals surface area contributed by atoms with E-state index in [1.165, 1.54) is 9.80 Å². The smallest absolute Gasteiger partial charge is 0.407 e. The van der Waals surface area contributed by atoms with E-state index in [4.69, 9.17) is 16.3 Å². The van der Waals surface area contributed by atoms with Crippen molar-refractivity contribution < 1.29 is 19.1 Å². The molecule has 2 aromatic carbocycles. The number of amidine groups is 1. The normalized spacial score (nSPS) is 13.4. The maximum absolute atomic E-state index is 13.8. The van der Waals surface area contributed by atoms with Crippen LogP contribution >= 0.6 is 11.6 Å². The molecule has 1 aliphatic heterocycles. The molecule has 0 spiro atoms. The van der Waals surface area contributed by atoms with E-state index in [1.807, 2.05) is 25.1 Å². The van der Waals surface area contributed by atoms with Crippen molar-refractivity contribution in [1.82, 2.24) is 15.1 Å². The Labute approximate surface area is 229 Å². The first-order valence-corrected chi connectivity index (χ1v) is 12.9. The molecule has 0 radical (unpaired) electrons. The molecule has 3 amide bonds. The lowest BCUT2D eigenvalue weighted by Crippen LogP contribution is -2.56. The Morgan fingerprint density at radius 2 is 1.82 bits per heavy atom. The Balaban J connectivity index is 1.90. The summed E-state index contributed by atoms with van der Waals surface area (Å²) in [4.78, 5) is 47.1. The van der Waals surface area contributed by atoms with E-state index in [9.17, 15) is 14.4 Å². The molecular weight excluding hydrogens is 506 g/mol. The van der Waals surface area contributed by atoms with Gasteiger partial charge in [0.05, 0.1) is 6.54 Å². The summed E-state index contributed by atoms with van der Waals surface area (Å²) in [6, 6.07) is 11.6. The zero-order valence-electron chi connectivity index (χ0n) is 22.8. The molecule has 2 N–H and O–H groups in total. The summed E-state index contributed by atoms with van der Waals surface area (Å²) < 4.78 is 5.30. The zero-order chi connectivity index (χ0) is 28.0. The number of hydrogen-bond acceptors (Lipinski definition) is 6. The predicted octanol–water partition coefficient (Wildman–Crippen LogP) is 4.49. The van der Waals surface area contributed by atoms with Gasteiger partial charge in [-0.1, -0.05) is 35.4 Å². The van der Waals surface area contributed by atoms with Crippen molar-refractivity contribution >= 4 is 41.0 Å². The van der Waals surface area contributed by atoms with Crippen molar-refractivity contribution in [1.29, 1.82) is 0 Å². The number of ether oxygens (including phenoxy) is 1. The molecule has 0 saturated carbocycles. The van der Waals surface area contributed by atoms with Crippen LogP contribution in [0.3, 0.4) is 0 Å². The van der Waals surface area contributed by atoms with Crippen LogP contribution < -0.4 is 10.6 Å². The van der Waals surface area contributed by atoms with E-state index in [-0.39, 0.29) is 24.9 Å². The van der Waals surface area contributed by atoms with Crippen LogP contribution in [0.5, 0.6) is 0 Å². The SMILES string of the molecule is Cc1ccc(C(=O)N(CCCNC(=O)OC(C)(C)C)C(C(=O)N(C)C)C2=NCc3ccc(Cl)cc3N2)cc1. The van der Waals surface area contributed by atoms with Gasteiger partial charge in [0.2, 0.25) is 0 Å². The number of carbonyl (C=O) groups is 3. The molecule has 0 aliphatic carbocycles. The van der Waals surface area contributed by atoms with Gasteiger partial charge in [0.25, 0.3) is 11.8 Å². The summed E-state index contributed by atoms with van der Waals surface area (Å²) in [6.45, 7) is 8.10. The summed E-state index contributed by atoms with van der Waals surface area (Å²) in [5.74, 6) is -0.259. The number of rotatable bonds is 8. The Morgan fingerprint density at radius 1 is 1.13 bits per heavy atom. The van der Waals surface area contributed by atoms with Crippen molar-refractivity contribution in [2.24, 2.45) is 4.99 Å². The topological polar surface area (TPSA) is 103 Å². The van der Waals surface area contributed by atoms with Crippen LogP contribution in [0.15, 0.2) is 47.5 Å². The van der Waals surface area contributed by atoms with Crippen LogP contribution in [0.25, 0.3) is 0 Å². The molecular formula is C28H36ClN5O4. The Hall–Kier alpha value is -3.59. The van der Waals surface area contributed by atoms with E-state index < -0.39 is 17.7 Å². The molecule has 0 fully saturated rings. The highest BCUT2D eigenvalue weighted by molar-refractivity contribution is 6.31. The number of fused-ring (bicyclic) bond motifs is 1. The van der Waals surface area contributed by atoms with Gasteiger partial charge in [-0.25, -0.2) is 4.79 Å². The number of nitrogens with zero attached hydrogens (tertiary/aromatic N) is 3. The van der Waals surface area contributed by atoms with E-state index in [2.05, 4.69) is 15.6 Å². The van der Waals surface area contributed by atoms with Crippen molar-refractivity contribution in [2.75, 3.05) is 32.5 Å². The van der Waals surface area contributed by atoms with Gasteiger partial charge in [-0.3, -0.25) is 14.6 Å². The van der Waals surface area contributed by atoms with Crippen LogP contribution in [-0.4, -0.2) is 72.4 Å². The van der Waals surface area contributed by atoms with Gasteiger partial charge in [0.15, 0.2) is 6.04 Å². The molecule has 0 saturated heterocycles. The number of nitrogens with one attached hydrogen (secondary N) is 2. The second-order valence-corrected chi connectivity index (χ2v) is 10.8. The van der Waals surface area contributed by atoms with Gasteiger partial charge in [-0.15, -0.1) is 0 Å². The average Bonchev–Trinajstić information content (AvgIpc) is 2.84. The maximum atomic E-state index is 13.8.